The van der Waals surface area contributed by atoms with E-state index in [-0.39, 0.29) is 11.5 Å². The van der Waals surface area contributed by atoms with Gasteiger partial charge in [0.05, 0.1) is 5.69 Å². The molecule has 2 heterocycles. The molecule has 0 aliphatic rings. The molecular formula is C28H32N4OS2. The Balaban J connectivity index is 1.46. The summed E-state index contributed by atoms with van der Waals surface area (Å²) in [5, 5.41) is 12.9. The number of ether oxygens (including phenoxy) is 1. The Hall–Kier alpha value is -2.90. The van der Waals surface area contributed by atoms with Gasteiger partial charge in [0.15, 0.2) is 17.1 Å². The minimum absolute atomic E-state index is 0.110. The van der Waals surface area contributed by atoms with E-state index in [1.165, 1.54) is 16.7 Å². The zero-order chi connectivity index (χ0) is 25.0. The molecule has 0 amide bonds. The quantitative estimate of drug-likeness (QED) is 0.173. The lowest BCUT2D eigenvalue weighted by Crippen LogP contribution is -2.13. The molecule has 182 valence electrons. The van der Waals surface area contributed by atoms with Crippen LogP contribution in [0.5, 0.6) is 5.75 Å². The van der Waals surface area contributed by atoms with Crippen molar-refractivity contribution >= 4 is 23.1 Å². The monoisotopic (exact) mass is 504 g/mol. The predicted molar refractivity (Wildman–Crippen MR) is 146 cm³/mol. The second-order valence-corrected chi connectivity index (χ2v) is 11.3. The van der Waals surface area contributed by atoms with Gasteiger partial charge in [0.25, 0.3) is 0 Å². The molecule has 0 N–H and O–H groups in total. The van der Waals surface area contributed by atoms with Crippen molar-refractivity contribution in [1.29, 1.82) is 0 Å². The van der Waals surface area contributed by atoms with Gasteiger partial charge in [0, 0.05) is 23.2 Å². The van der Waals surface area contributed by atoms with Crippen LogP contribution in [-0.4, -0.2) is 19.7 Å². The van der Waals surface area contributed by atoms with Crippen molar-refractivity contribution in [1.82, 2.24) is 19.7 Å². The maximum absolute atomic E-state index is 6.22. The standard InChI is InChI=1S/C28H32N4OS2/c1-7-16-32-25(20(3)33-23-14-12-21(13-15-23)28(4,5)6)30-31-27(32)35-18-22-17-34-26(29-22)24-11-9-8-10-19(24)2/h7-15,17,20H,1,16,18H2,2-6H3. The van der Waals surface area contributed by atoms with E-state index in [1.54, 1.807) is 23.1 Å². The van der Waals surface area contributed by atoms with E-state index in [2.05, 4.69) is 90.8 Å². The number of nitrogens with zero attached hydrogens (tertiary/aromatic N) is 4. The average molecular weight is 505 g/mol. The SMILES string of the molecule is C=CCn1c(SCc2csc(-c3ccccc3C)n2)nnc1C(C)Oc1ccc(C(C)(C)C)cc1. The molecule has 4 aromatic rings. The highest BCUT2D eigenvalue weighted by Gasteiger charge is 2.20. The molecule has 1 atom stereocenters. The van der Waals surface area contributed by atoms with Gasteiger partial charge in [-0.3, -0.25) is 4.57 Å². The summed E-state index contributed by atoms with van der Waals surface area (Å²) in [4.78, 5) is 4.85. The Labute approximate surface area is 216 Å². The summed E-state index contributed by atoms with van der Waals surface area (Å²) in [6.07, 6.45) is 1.62. The summed E-state index contributed by atoms with van der Waals surface area (Å²) in [5.74, 6) is 2.33. The van der Waals surface area contributed by atoms with Gasteiger partial charge in [-0.05, 0) is 42.5 Å². The number of allylic oxidation sites excluding steroid dienone is 1. The fourth-order valence-electron chi connectivity index (χ4n) is 3.75. The molecule has 2 aromatic heterocycles. The Morgan fingerprint density at radius 1 is 1.11 bits per heavy atom. The maximum Gasteiger partial charge on any atom is 0.192 e. The van der Waals surface area contributed by atoms with E-state index in [1.807, 2.05) is 25.1 Å². The predicted octanol–water partition coefficient (Wildman–Crippen LogP) is 7.63. The number of aryl methyl sites for hydroxylation is 1. The van der Waals surface area contributed by atoms with Crippen LogP contribution < -0.4 is 4.74 Å². The van der Waals surface area contributed by atoms with Crippen molar-refractivity contribution in [3.63, 3.8) is 0 Å². The van der Waals surface area contributed by atoms with Crippen molar-refractivity contribution in [2.24, 2.45) is 0 Å². The highest BCUT2D eigenvalue weighted by molar-refractivity contribution is 7.98. The lowest BCUT2D eigenvalue weighted by atomic mass is 9.87. The molecule has 4 rings (SSSR count). The number of hydrogen-bond acceptors (Lipinski definition) is 6. The molecule has 0 spiro atoms. The van der Waals surface area contributed by atoms with Crippen LogP contribution in [-0.2, 0) is 17.7 Å². The van der Waals surface area contributed by atoms with Crippen LogP contribution in [0.4, 0.5) is 0 Å². The third kappa shape index (κ3) is 6.03. The molecular weight excluding hydrogens is 472 g/mol. The highest BCUT2D eigenvalue weighted by atomic mass is 32.2. The van der Waals surface area contributed by atoms with Crippen molar-refractivity contribution in [2.75, 3.05) is 0 Å². The fourth-order valence-corrected chi connectivity index (χ4v) is 5.61. The van der Waals surface area contributed by atoms with E-state index in [0.717, 1.165) is 33.2 Å². The fraction of sp³-hybridized carbons (Fsp3) is 0.321. The van der Waals surface area contributed by atoms with Crippen LogP contribution in [0.25, 0.3) is 10.6 Å². The van der Waals surface area contributed by atoms with Crippen LogP contribution >= 0.6 is 23.1 Å². The first kappa shape index (κ1) is 25.2. The third-order valence-electron chi connectivity index (χ3n) is 5.73. The lowest BCUT2D eigenvalue weighted by molar-refractivity contribution is 0.210. The van der Waals surface area contributed by atoms with Gasteiger partial charge in [0.2, 0.25) is 0 Å². The van der Waals surface area contributed by atoms with E-state index >= 15 is 0 Å². The van der Waals surface area contributed by atoms with Crippen molar-refractivity contribution in [3.8, 4) is 16.3 Å². The van der Waals surface area contributed by atoms with E-state index < -0.39 is 0 Å². The minimum Gasteiger partial charge on any atom is -0.483 e. The van der Waals surface area contributed by atoms with Gasteiger partial charge < -0.3 is 4.74 Å². The topological polar surface area (TPSA) is 52.8 Å². The van der Waals surface area contributed by atoms with Crippen molar-refractivity contribution in [2.45, 2.75) is 63.6 Å². The molecule has 0 radical (unpaired) electrons. The van der Waals surface area contributed by atoms with E-state index in [9.17, 15) is 0 Å². The van der Waals surface area contributed by atoms with Gasteiger partial charge >= 0.3 is 0 Å². The summed E-state index contributed by atoms with van der Waals surface area (Å²) >= 11 is 3.31. The zero-order valence-corrected chi connectivity index (χ0v) is 22.6. The van der Waals surface area contributed by atoms with Crippen LogP contribution in [0.15, 0.2) is 71.7 Å². The highest BCUT2D eigenvalue weighted by Crippen LogP contribution is 2.31. The number of thioether (sulfide) groups is 1. The number of rotatable bonds is 9. The first-order chi connectivity index (χ1) is 16.8. The first-order valence-corrected chi connectivity index (χ1v) is 13.6. The first-order valence-electron chi connectivity index (χ1n) is 11.7. The Kier molecular flexibility index (Phi) is 7.77. The van der Waals surface area contributed by atoms with Gasteiger partial charge in [-0.25, -0.2) is 4.98 Å². The van der Waals surface area contributed by atoms with Crippen LogP contribution in [0.1, 0.15) is 56.4 Å². The van der Waals surface area contributed by atoms with E-state index in [0.29, 0.717) is 6.54 Å². The molecule has 0 bridgehead atoms. The Bertz CT molecular complexity index is 1290. The normalized spacial score (nSPS) is 12.5. The second-order valence-electron chi connectivity index (χ2n) is 9.52. The molecule has 5 nitrogen and oxygen atoms in total. The number of thiazole rings is 1. The molecule has 1 unspecified atom stereocenters. The molecule has 2 aromatic carbocycles. The maximum atomic E-state index is 6.22. The van der Waals surface area contributed by atoms with Crippen LogP contribution in [0.3, 0.4) is 0 Å². The molecule has 35 heavy (non-hydrogen) atoms. The smallest absolute Gasteiger partial charge is 0.192 e. The summed E-state index contributed by atoms with van der Waals surface area (Å²) in [7, 11) is 0. The molecule has 0 saturated heterocycles. The van der Waals surface area contributed by atoms with Crippen LogP contribution in [0, 0.1) is 6.92 Å². The molecule has 0 aliphatic heterocycles. The molecule has 7 heteroatoms. The lowest BCUT2D eigenvalue weighted by Gasteiger charge is -2.20. The average Bonchev–Trinajstić information content (AvgIpc) is 3.45. The summed E-state index contributed by atoms with van der Waals surface area (Å²) in [6.45, 7) is 15.3. The van der Waals surface area contributed by atoms with Gasteiger partial charge in [0.1, 0.15) is 10.8 Å². The summed E-state index contributed by atoms with van der Waals surface area (Å²) in [6, 6.07) is 16.6. The second kappa shape index (κ2) is 10.8. The van der Waals surface area contributed by atoms with Gasteiger partial charge in [-0.1, -0.05) is 75.0 Å². The summed E-state index contributed by atoms with van der Waals surface area (Å²) in [5.41, 5.74) is 4.85. The minimum atomic E-state index is -0.246. The van der Waals surface area contributed by atoms with Crippen molar-refractivity contribution in [3.05, 3.63) is 89.2 Å². The Morgan fingerprint density at radius 3 is 2.54 bits per heavy atom. The molecule has 0 aliphatic carbocycles. The number of aromatic nitrogens is 4. The number of hydrogen-bond donors (Lipinski definition) is 0. The van der Waals surface area contributed by atoms with E-state index in [4.69, 9.17) is 9.72 Å². The summed E-state index contributed by atoms with van der Waals surface area (Å²) < 4.78 is 8.29. The third-order valence-corrected chi connectivity index (χ3v) is 7.66. The largest absolute Gasteiger partial charge is 0.483 e. The molecule has 0 fully saturated rings. The number of benzene rings is 2. The van der Waals surface area contributed by atoms with Crippen molar-refractivity contribution < 1.29 is 4.74 Å². The molecule has 0 saturated carbocycles. The van der Waals surface area contributed by atoms with Crippen LogP contribution in [0.2, 0.25) is 0 Å². The zero-order valence-electron chi connectivity index (χ0n) is 21.0. The Morgan fingerprint density at radius 2 is 1.86 bits per heavy atom. The van der Waals surface area contributed by atoms with Gasteiger partial charge in [-0.15, -0.1) is 28.1 Å². The van der Waals surface area contributed by atoms with Gasteiger partial charge in [-0.2, -0.15) is 0 Å².